The molecule has 0 bridgehead atoms. The van der Waals surface area contributed by atoms with E-state index in [1.807, 2.05) is 30.0 Å². The van der Waals surface area contributed by atoms with Gasteiger partial charge in [0.05, 0.1) is 18.3 Å². The van der Waals surface area contributed by atoms with Crippen LogP contribution in [0.1, 0.15) is 5.56 Å². The van der Waals surface area contributed by atoms with E-state index in [-0.39, 0.29) is 11.9 Å². The highest BCUT2D eigenvalue weighted by Crippen LogP contribution is 2.36. The van der Waals surface area contributed by atoms with E-state index in [2.05, 4.69) is 5.32 Å². The first kappa shape index (κ1) is 9.66. The Morgan fingerprint density at radius 3 is 3.25 bits per heavy atom. The largest absolute Gasteiger partial charge is 0.489 e. The third kappa shape index (κ3) is 1.30. The zero-order valence-electron chi connectivity index (χ0n) is 9.19. The lowest BCUT2D eigenvalue weighted by molar-refractivity contribution is -0.119. The normalized spacial score (nSPS) is 23.4. The van der Waals surface area contributed by atoms with Crippen LogP contribution in [0.4, 0.5) is 5.69 Å². The predicted octanol–water partition coefficient (Wildman–Crippen LogP) is 0.692. The molecule has 1 fully saturated rings. The average molecular weight is 218 g/mol. The van der Waals surface area contributed by atoms with Crippen molar-refractivity contribution < 1.29 is 9.53 Å². The first-order valence-electron chi connectivity index (χ1n) is 5.52. The molecular formula is C12H14N2O2. The average Bonchev–Trinajstić information content (AvgIpc) is 2.29. The highest BCUT2D eigenvalue weighted by atomic mass is 16.5. The van der Waals surface area contributed by atoms with Gasteiger partial charge in [-0.25, -0.2) is 0 Å². The minimum absolute atomic E-state index is 0.131. The van der Waals surface area contributed by atoms with Crippen molar-refractivity contribution in [2.45, 2.75) is 13.0 Å². The summed E-state index contributed by atoms with van der Waals surface area (Å²) in [5.41, 5.74) is 2.00. The molecule has 1 atom stereocenters. The minimum Gasteiger partial charge on any atom is -0.489 e. The van der Waals surface area contributed by atoms with E-state index < -0.39 is 0 Å². The fourth-order valence-corrected chi connectivity index (χ4v) is 2.38. The molecular weight excluding hydrogens is 204 g/mol. The Kier molecular flexibility index (Phi) is 2.11. The molecule has 0 aliphatic carbocycles. The maximum Gasteiger partial charge on any atom is 0.241 e. The van der Waals surface area contributed by atoms with Crippen LogP contribution >= 0.6 is 0 Å². The van der Waals surface area contributed by atoms with Gasteiger partial charge in [-0.2, -0.15) is 0 Å². The van der Waals surface area contributed by atoms with E-state index in [0.717, 1.165) is 23.5 Å². The van der Waals surface area contributed by atoms with Gasteiger partial charge in [-0.3, -0.25) is 4.79 Å². The maximum atomic E-state index is 11.9. The number of piperazine rings is 1. The van der Waals surface area contributed by atoms with Gasteiger partial charge in [0.2, 0.25) is 5.91 Å². The van der Waals surface area contributed by atoms with Gasteiger partial charge in [-0.05, 0) is 18.6 Å². The van der Waals surface area contributed by atoms with Gasteiger partial charge >= 0.3 is 0 Å². The van der Waals surface area contributed by atoms with Gasteiger partial charge in [-0.1, -0.05) is 12.1 Å². The van der Waals surface area contributed by atoms with E-state index in [1.54, 1.807) is 0 Å². The number of nitrogens with zero attached hydrogens (tertiary/aromatic N) is 1. The van der Waals surface area contributed by atoms with E-state index in [4.69, 9.17) is 4.74 Å². The number of fused-ring (bicyclic) bond motifs is 3. The van der Waals surface area contributed by atoms with Crippen molar-refractivity contribution >= 4 is 11.6 Å². The number of aryl methyl sites for hydroxylation is 1. The lowest BCUT2D eigenvalue weighted by Crippen LogP contribution is -2.59. The lowest BCUT2D eigenvalue weighted by Gasteiger charge is -2.40. The topological polar surface area (TPSA) is 41.6 Å². The van der Waals surface area contributed by atoms with Crippen LogP contribution in [0.15, 0.2) is 18.2 Å². The molecule has 4 nitrogen and oxygen atoms in total. The zero-order valence-corrected chi connectivity index (χ0v) is 9.19. The third-order valence-corrected chi connectivity index (χ3v) is 3.16. The van der Waals surface area contributed by atoms with Gasteiger partial charge in [0.1, 0.15) is 12.4 Å². The van der Waals surface area contributed by atoms with Gasteiger partial charge in [-0.15, -0.1) is 0 Å². The fourth-order valence-electron chi connectivity index (χ4n) is 2.38. The van der Waals surface area contributed by atoms with Crippen LogP contribution in [0.25, 0.3) is 0 Å². The Morgan fingerprint density at radius 2 is 2.38 bits per heavy atom. The molecule has 1 aromatic carbocycles. The zero-order chi connectivity index (χ0) is 11.1. The molecule has 16 heavy (non-hydrogen) atoms. The van der Waals surface area contributed by atoms with Gasteiger partial charge in [0.15, 0.2) is 0 Å². The Hall–Kier alpha value is -1.55. The van der Waals surface area contributed by atoms with Crippen molar-refractivity contribution in [2.75, 3.05) is 24.6 Å². The van der Waals surface area contributed by atoms with Gasteiger partial charge in [0, 0.05) is 6.54 Å². The summed E-state index contributed by atoms with van der Waals surface area (Å²) in [6.45, 7) is 3.81. The van der Waals surface area contributed by atoms with Crippen LogP contribution in [0.2, 0.25) is 0 Å². The molecule has 84 valence electrons. The van der Waals surface area contributed by atoms with E-state index in [9.17, 15) is 4.79 Å². The van der Waals surface area contributed by atoms with Crippen molar-refractivity contribution in [2.24, 2.45) is 0 Å². The summed E-state index contributed by atoms with van der Waals surface area (Å²) < 4.78 is 5.74. The second-order valence-corrected chi connectivity index (χ2v) is 4.28. The molecule has 3 rings (SSSR count). The molecule has 4 heteroatoms. The van der Waals surface area contributed by atoms with Crippen LogP contribution in [0, 0.1) is 6.92 Å². The first-order valence-corrected chi connectivity index (χ1v) is 5.52. The summed E-state index contributed by atoms with van der Waals surface area (Å²) in [6.07, 6.45) is 0. The number of benzene rings is 1. The number of rotatable bonds is 0. The Balaban J connectivity index is 2.09. The van der Waals surface area contributed by atoms with Gasteiger partial charge in [0.25, 0.3) is 0 Å². The second kappa shape index (κ2) is 3.49. The van der Waals surface area contributed by atoms with E-state index in [0.29, 0.717) is 13.2 Å². The maximum absolute atomic E-state index is 11.9. The van der Waals surface area contributed by atoms with E-state index >= 15 is 0 Å². The van der Waals surface area contributed by atoms with Crippen LogP contribution in [-0.4, -0.2) is 31.6 Å². The van der Waals surface area contributed by atoms with Crippen LogP contribution < -0.4 is 15.0 Å². The number of carbonyl (C=O) groups is 1. The number of carbonyl (C=O) groups excluding carboxylic acids is 1. The SMILES string of the molecule is Cc1cccc2c1OCC1CNCC(=O)N21. The number of anilines is 1. The highest BCUT2D eigenvalue weighted by Gasteiger charge is 2.35. The molecule has 2 aliphatic heterocycles. The number of hydrogen-bond donors (Lipinski definition) is 1. The first-order chi connectivity index (χ1) is 7.77. The Morgan fingerprint density at radius 1 is 1.50 bits per heavy atom. The Bertz CT molecular complexity index is 445. The predicted molar refractivity (Wildman–Crippen MR) is 60.8 cm³/mol. The number of hydrogen-bond acceptors (Lipinski definition) is 3. The van der Waals surface area contributed by atoms with Crippen molar-refractivity contribution in [3.63, 3.8) is 0 Å². The van der Waals surface area contributed by atoms with Crippen LogP contribution in [-0.2, 0) is 4.79 Å². The standard InChI is InChI=1S/C12H14N2O2/c1-8-3-2-4-10-12(8)16-7-9-5-13-6-11(15)14(9)10/h2-4,9,13H,5-7H2,1H3. The summed E-state index contributed by atoms with van der Waals surface area (Å²) in [4.78, 5) is 13.8. The van der Waals surface area contributed by atoms with Crippen molar-refractivity contribution in [3.8, 4) is 5.75 Å². The smallest absolute Gasteiger partial charge is 0.241 e. The molecule has 2 heterocycles. The second-order valence-electron chi connectivity index (χ2n) is 4.28. The number of para-hydroxylation sites is 1. The summed E-state index contributed by atoms with van der Waals surface area (Å²) in [5, 5.41) is 3.11. The number of ether oxygens (including phenoxy) is 1. The molecule has 0 spiro atoms. The highest BCUT2D eigenvalue weighted by molar-refractivity contribution is 5.98. The summed E-state index contributed by atoms with van der Waals surface area (Å²) in [5.74, 6) is 0.986. The summed E-state index contributed by atoms with van der Waals surface area (Å²) >= 11 is 0. The van der Waals surface area contributed by atoms with Crippen molar-refractivity contribution in [1.82, 2.24) is 5.32 Å². The molecule has 1 N–H and O–H groups in total. The summed E-state index contributed by atoms with van der Waals surface area (Å²) in [6, 6.07) is 6.06. The molecule has 1 unspecified atom stereocenters. The lowest BCUT2D eigenvalue weighted by atomic mass is 10.1. The number of amides is 1. The molecule has 0 radical (unpaired) electrons. The third-order valence-electron chi connectivity index (χ3n) is 3.16. The van der Waals surface area contributed by atoms with Crippen molar-refractivity contribution in [1.29, 1.82) is 0 Å². The molecule has 0 saturated carbocycles. The van der Waals surface area contributed by atoms with Crippen LogP contribution in [0.5, 0.6) is 5.75 Å². The molecule has 2 aliphatic rings. The summed E-state index contributed by atoms with van der Waals surface area (Å²) in [7, 11) is 0. The van der Waals surface area contributed by atoms with Crippen LogP contribution in [0.3, 0.4) is 0 Å². The van der Waals surface area contributed by atoms with Crippen molar-refractivity contribution in [3.05, 3.63) is 23.8 Å². The quantitative estimate of drug-likeness (QED) is 0.696. The molecule has 1 amide bonds. The fraction of sp³-hybridized carbons (Fsp3) is 0.417. The van der Waals surface area contributed by atoms with Gasteiger partial charge < -0.3 is 15.0 Å². The number of nitrogens with one attached hydrogen (secondary N) is 1. The van der Waals surface area contributed by atoms with E-state index in [1.165, 1.54) is 0 Å². The molecule has 1 saturated heterocycles. The minimum atomic E-state index is 0.131. The monoisotopic (exact) mass is 218 g/mol. The Labute approximate surface area is 94.2 Å². The molecule has 1 aromatic rings. The molecule has 0 aromatic heterocycles.